The van der Waals surface area contributed by atoms with Crippen LogP contribution in [-0.4, -0.2) is 43.8 Å². The summed E-state index contributed by atoms with van der Waals surface area (Å²) in [6.45, 7) is 1.63. The van der Waals surface area contributed by atoms with Gasteiger partial charge in [0.2, 0.25) is 0 Å². The average Bonchev–Trinajstić information content (AvgIpc) is 3.36. The second-order valence-corrected chi connectivity index (χ2v) is 6.44. The van der Waals surface area contributed by atoms with E-state index in [1.165, 1.54) is 45.6 Å². The zero-order valence-corrected chi connectivity index (χ0v) is 14.8. The van der Waals surface area contributed by atoms with Crippen LogP contribution >= 0.6 is 0 Å². The SMILES string of the molecule is COC(=O)[C@@H]1[C@H]2C(OC)(OC)C=C(C)C(=O)[C@@]12c1ccc([N+](=O)[O-])cc1. The molecular weight excluding hydrogens is 342 g/mol. The van der Waals surface area contributed by atoms with E-state index in [-0.39, 0.29) is 11.5 Å². The van der Waals surface area contributed by atoms with E-state index in [4.69, 9.17) is 14.2 Å². The summed E-state index contributed by atoms with van der Waals surface area (Å²) in [5, 5.41) is 10.9. The van der Waals surface area contributed by atoms with Gasteiger partial charge < -0.3 is 14.2 Å². The van der Waals surface area contributed by atoms with Gasteiger partial charge in [0.15, 0.2) is 11.6 Å². The quantitative estimate of drug-likeness (QED) is 0.341. The number of non-ortho nitro benzene ring substituents is 1. The molecule has 0 radical (unpaired) electrons. The largest absolute Gasteiger partial charge is 0.469 e. The molecule has 0 saturated heterocycles. The molecule has 8 nitrogen and oxygen atoms in total. The van der Waals surface area contributed by atoms with Crippen LogP contribution in [0.15, 0.2) is 35.9 Å². The number of allylic oxidation sites excluding steroid dienone is 1. The van der Waals surface area contributed by atoms with Crippen LogP contribution in [0.4, 0.5) is 5.69 Å². The predicted octanol–water partition coefficient (Wildman–Crippen LogP) is 1.77. The lowest BCUT2D eigenvalue weighted by Crippen LogP contribution is -2.44. The Hall–Kier alpha value is -2.58. The standard InChI is InChI=1S/C18H19NO7/c1-10-9-17(25-3,26-4)14-13(16(21)24-2)18(14,15(10)20)11-5-7-12(8-6-11)19(22)23/h5-9,13-14H,1-4H3/t13-,14-,18-/m0/s1. The summed E-state index contributed by atoms with van der Waals surface area (Å²) < 4.78 is 16.0. The van der Waals surface area contributed by atoms with Gasteiger partial charge in [-0.15, -0.1) is 0 Å². The molecule has 1 fully saturated rings. The second-order valence-electron chi connectivity index (χ2n) is 6.44. The molecule has 2 aliphatic rings. The zero-order chi connectivity index (χ0) is 19.3. The molecular formula is C18H19NO7. The molecule has 26 heavy (non-hydrogen) atoms. The number of ether oxygens (including phenoxy) is 3. The van der Waals surface area contributed by atoms with Crippen LogP contribution < -0.4 is 0 Å². The number of hydrogen-bond acceptors (Lipinski definition) is 7. The molecule has 1 aromatic carbocycles. The van der Waals surface area contributed by atoms with Gasteiger partial charge in [0.25, 0.3) is 5.69 Å². The Morgan fingerprint density at radius 1 is 1.15 bits per heavy atom. The Balaban J connectivity index is 2.20. The summed E-state index contributed by atoms with van der Waals surface area (Å²) in [5.41, 5.74) is -0.432. The van der Waals surface area contributed by atoms with Crippen LogP contribution in [0.1, 0.15) is 12.5 Å². The van der Waals surface area contributed by atoms with Gasteiger partial charge in [-0.05, 0) is 24.1 Å². The van der Waals surface area contributed by atoms with Crippen molar-refractivity contribution in [1.82, 2.24) is 0 Å². The number of esters is 1. The fourth-order valence-corrected chi connectivity index (χ4v) is 4.26. The third-order valence-electron chi connectivity index (χ3n) is 5.44. The molecule has 0 aromatic heterocycles. The van der Waals surface area contributed by atoms with E-state index in [0.717, 1.165) is 0 Å². The van der Waals surface area contributed by atoms with E-state index in [9.17, 15) is 19.7 Å². The van der Waals surface area contributed by atoms with E-state index in [1.807, 2.05) is 0 Å². The van der Waals surface area contributed by atoms with Crippen molar-refractivity contribution in [1.29, 1.82) is 0 Å². The molecule has 1 aromatic rings. The maximum atomic E-state index is 13.1. The van der Waals surface area contributed by atoms with Gasteiger partial charge in [-0.25, -0.2) is 0 Å². The lowest BCUT2D eigenvalue weighted by atomic mass is 9.78. The number of Topliss-reactive ketones (excluding diaryl/α,β-unsaturated/α-hetero) is 1. The van der Waals surface area contributed by atoms with Gasteiger partial charge in [0.05, 0.1) is 23.4 Å². The van der Waals surface area contributed by atoms with Gasteiger partial charge >= 0.3 is 5.97 Å². The van der Waals surface area contributed by atoms with Crippen molar-refractivity contribution < 1.29 is 28.7 Å². The first-order valence-electron chi connectivity index (χ1n) is 7.97. The van der Waals surface area contributed by atoms with Crippen molar-refractivity contribution in [2.24, 2.45) is 11.8 Å². The summed E-state index contributed by atoms with van der Waals surface area (Å²) in [6, 6.07) is 5.63. The van der Waals surface area contributed by atoms with E-state index < -0.39 is 33.9 Å². The maximum absolute atomic E-state index is 13.1. The third kappa shape index (κ3) is 2.15. The highest BCUT2D eigenvalue weighted by Gasteiger charge is 2.81. The van der Waals surface area contributed by atoms with Crippen LogP contribution in [0.2, 0.25) is 0 Å². The third-order valence-corrected chi connectivity index (χ3v) is 5.44. The minimum atomic E-state index is -1.27. The minimum absolute atomic E-state index is 0.0998. The molecule has 2 aliphatic carbocycles. The summed E-state index contributed by atoms with van der Waals surface area (Å²) in [4.78, 5) is 36.0. The molecule has 3 atom stereocenters. The summed E-state index contributed by atoms with van der Waals surface area (Å²) in [7, 11) is 4.13. The summed E-state index contributed by atoms with van der Waals surface area (Å²) in [5.74, 6) is -3.50. The monoisotopic (exact) mass is 361 g/mol. The van der Waals surface area contributed by atoms with Gasteiger partial charge in [-0.1, -0.05) is 12.1 Å². The van der Waals surface area contributed by atoms with Crippen molar-refractivity contribution in [3.63, 3.8) is 0 Å². The molecule has 1 saturated carbocycles. The highest BCUT2D eigenvalue weighted by atomic mass is 16.7. The molecule has 0 heterocycles. The Labute approximate surface area is 149 Å². The summed E-state index contributed by atoms with van der Waals surface area (Å²) in [6.07, 6.45) is 1.58. The van der Waals surface area contributed by atoms with Crippen LogP contribution in [0.5, 0.6) is 0 Å². The molecule has 138 valence electrons. The topological polar surface area (TPSA) is 105 Å². The lowest BCUT2D eigenvalue weighted by Gasteiger charge is -2.34. The molecule has 0 amide bonds. The van der Waals surface area contributed by atoms with Crippen LogP contribution in [-0.2, 0) is 29.2 Å². The number of carbonyl (C=O) groups excluding carboxylic acids is 2. The minimum Gasteiger partial charge on any atom is -0.469 e. The molecule has 8 heteroatoms. The Morgan fingerprint density at radius 3 is 2.19 bits per heavy atom. The highest BCUT2D eigenvalue weighted by Crippen LogP contribution is 2.69. The Kier molecular flexibility index (Phi) is 4.20. The van der Waals surface area contributed by atoms with E-state index >= 15 is 0 Å². The number of nitro groups is 1. The van der Waals surface area contributed by atoms with Crippen LogP contribution in [0.3, 0.4) is 0 Å². The van der Waals surface area contributed by atoms with Gasteiger partial charge in [0, 0.05) is 32.3 Å². The molecule has 0 spiro atoms. The summed E-state index contributed by atoms with van der Waals surface area (Å²) >= 11 is 0. The smallest absolute Gasteiger partial charge is 0.310 e. The fourth-order valence-electron chi connectivity index (χ4n) is 4.26. The van der Waals surface area contributed by atoms with Crippen LogP contribution in [0, 0.1) is 22.0 Å². The number of carbonyl (C=O) groups is 2. The first-order valence-corrected chi connectivity index (χ1v) is 7.97. The number of nitrogens with zero attached hydrogens (tertiary/aromatic N) is 1. The van der Waals surface area contributed by atoms with Crippen molar-refractivity contribution >= 4 is 17.4 Å². The van der Waals surface area contributed by atoms with E-state index in [0.29, 0.717) is 11.1 Å². The van der Waals surface area contributed by atoms with Crippen molar-refractivity contribution in [3.8, 4) is 0 Å². The highest BCUT2D eigenvalue weighted by molar-refractivity contribution is 6.11. The first-order chi connectivity index (χ1) is 12.3. The number of fused-ring (bicyclic) bond motifs is 1. The fraction of sp³-hybridized carbons (Fsp3) is 0.444. The average molecular weight is 361 g/mol. The number of nitro benzene ring substituents is 1. The van der Waals surface area contributed by atoms with Crippen molar-refractivity contribution in [3.05, 3.63) is 51.6 Å². The Morgan fingerprint density at radius 2 is 1.73 bits per heavy atom. The number of hydrogen-bond donors (Lipinski definition) is 0. The molecule has 0 unspecified atom stereocenters. The van der Waals surface area contributed by atoms with Gasteiger partial charge in [-0.3, -0.25) is 19.7 Å². The number of ketones is 1. The van der Waals surface area contributed by atoms with Crippen molar-refractivity contribution in [2.75, 3.05) is 21.3 Å². The number of rotatable bonds is 5. The molecule has 0 bridgehead atoms. The zero-order valence-electron chi connectivity index (χ0n) is 14.8. The molecule has 0 aliphatic heterocycles. The van der Waals surface area contributed by atoms with Gasteiger partial charge in [0.1, 0.15) is 0 Å². The van der Waals surface area contributed by atoms with Crippen LogP contribution in [0.25, 0.3) is 0 Å². The van der Waals surface area contributed by atoms with Crippen molar-refractivity contribution in [2.45, 2.75) is 18.1 Å². The molecule has 0 N–H and O–H groups in total. The lowest BCUT2D eigenvalue weighted by molar-refractivity contribution is -0.384. The maximum Gasteiger partial charge on any atom is 0.310 e. The molecule has 3 rings (SSSR count). The number of methoxy groups -OCH3 is 3. The van der Waals surface area contributed by atoms with E-state index in [2.05, 4.69) is 0 Å². The Bertz CT molecular complexity index is 809. The van der Waals surface area contributed by atoms with E-state index in [1.54, 1.807) is 13.0 Å². The first kappa shape index (κ1) is 18.2. The second kappa shape index (κ2) is 6.00. The van der Waals surface area contributed by atoms with Gasteiger partial charge in [-0.2, -0.15) is 0 Å². The number of benzene rings is 1. The predicted molar refractivity (Wildman–Crippen MR) is 89.3 cm³/mol. The normalized spacial score (nSPS) is 28.8.